The number of benzene rings is 2. The Kier molecular flexibility index (Phi) is 6.46. The van der Waals surface area contributed by atoms with Gasteiger partial charge in [-0.1, -0.05) is 50.2 Å². The van der Waals surface area contributed by atoms with Gasteiger partial charge in [0.15, 0.2) is 0 Å². The number of hydrazone groups is 1. The van der Waals surface area contributed by atoms with Crippen LogP contribution in [0.1, 0.15) is 30.9 Å². The van der Waals surface area contributed by atoms with Crippen molar-refractivity contribution in [3.05, 3.63) is 65.0 Å². The van der Waals surface area contributed by atoms with E-state index in [0.717, 1.165) is 16.8 Å². The van der Waals surface area contributed by atoms with Crippen LogP contribution in [0.5, 0.6) is 0 Å². The van der Waals surface area contributed by atoms with Gasteiger partial charge in [-0.15, -0.1) is 11.3 Å². The van der Waals surface area contributed by atoms with Gasteiger partial charge < -0.3 is 0 Å². The lowest BCUT2D eigenvalue weighted by molar-refractivity contribution is 0.521. The second kappa shape index (κ2) is 8.86. The predicted octanol–water partition coefficient (Wildman–Crippen LogP) is 4.63. The lowest BCUT2D eigenvalue weighted by Gasteiger charge is -2.11. The molecule has 29 heavy (non-hydrogen) atoms. The highest BCUT2D eigenvalue weighted by molar-refractivity contribution is 7.89. The molecule has 0 unspecified atom stereocenters. The largest absolute Gasteiger partial charge is 0.253 e. The van der Waals surface area contributed by atoms with Crippen LogP contribution < -0.4 is 5.43 Å². The van der Waals surface area contributed by atoms with Crippen LogP contribution in [0.3, 0.4) is 0 Å². The zero-order valence-corrected chi connectivity index (χ0v) is 18.5. The van der Waals surface area contributed by atoms with E-state index in [-0.39, 0.29) is 4.90 Å². The number of hydrogen-bond donors (Lipinski definition) is 1. The molecule has 0 radical (unpaired) electrons. The van der Waals surface area contributed by atoms with Crippen LogP contribution in [-0.4, -0.2) is 38.0 Å². The number of sulfonamides is 1. The monoisotopic (exact) mass is 428 g/mol. The lowest BCUT2D eigenvalue weighted by Crippen LogP contribution is -2.22. The molecule has 3 aromatic rings. The van der Waals surface area contributed by atoms with E-state index in [2.05, 4.69) is 41.5 Å². The van der Waals surface area contributed by atoms with Gasteiger partial charge in [-0.3, -0.25) is 5.43 Å². The van der Waals surface area contributed by atoms with Crippen LogP contribution >= 0.6 is 11.3 Å². The number of anilines is 1. The summed E-state index contributed by atoms with van der Waals surface area (Å²) in [4.78, 5) is 4.77. The first kappa shape index (κ1) is 21.2. The number of hydrogen-bond acceptors (Lipinski definition) is 6. The van der Waals surface area contributed by atoms with E-state index in [9.17, 15) is 8.42 Å². The molecule has 3 rings (SSSR count). The van der Waals surface area contributed by atoms with Crippen molar-refractivity contribution in [3.63, 3.8) is 0 Å². The summed E-state index contributed by atoms with van der Waals surface area (Å²) in [6.07, 6.45) is 1.76. The minimum atomic E-state index is -3.43. The molecule has 0 amide bonds. The number of nitrogens with zero attached hydrogens (tertiary/aromatic N) is 3. The average Bonchev–Trinajstić information content (AvgIpc) is 3.17. The molecule has 2 aromatic carbocycles. The third-order valence-corrected chi connectivity index (χ3v) is 6.99. The minimum Gasteiger partial charge on any atom is -0.253 e. The number of nitrogens with one attached hydrogen (secondary N) is 1. The molecule has 0 aliphatic carbocycles. The Balaban J connectivity index is 1.66. The van der Waals surface area contributed by atoms with Crippen molar-refractivity contribution in [3.8, 4) is 11.3 Å². The van der Waals surface area contributed by atoms with Crippen molar-refractivity contribution >= 4 is 32.7 Å². The minimum absolute atomic E-state index is 0.257. The van der Waals surface area contributed by atoms with Crippen molar-refractivity contribution in [2.45, 2.75) is 24.7 Å². The predicted molar refractivity (Wildman–Crippen MR) is 120 cm³/mol. The Hall–Kier alpha value is -2.55. The molecule has 0 aliphatic rings. The molecular formula is C21H24N4O2S2. The van der Waals surface area contributed by atoms with E-state index in [1.807, 2.05) is 17.5 Å². The van der Waals surface area contributed by atoms with Gasteiger partial charge in [-0.05, 0) is 29.2 Å². The Morgan fingerprint density at radius 3 is 2.31 bits per heavy atom. The van der Waals surface area contributed by atoms with Crippen LogP contribution in [0, 0.1) is 0 Å². The normalized spacial score (nSPS) is 12.2. The summed E-state index contributed by atoms with van der Waals surface area (Å²) in [5, 5.41) is 6.82. The molecule has 152 valence electrons. The first-order valence-corrected chi connectivity index (χ1v) is 11.5. The fourth-order valence-electron chi connectivity index (χ4n) is 2.60. The first-order valence-electron chi connectivity index (χ1n) is 9.15. The molecule has 0 bridgehead atoms. The SMILES string of the molecule is CC(C)c1ccc(/C=N/Nc2nc(-c3ccc(S(=O)(=O)N(C)C)cc3)cs2)cc1. The van der Waals surface area contributed by atoms with Crippen LogP contribution in [-0.2, 0) is 10.0 Å². The van der Waals surface area contributed by atoms with E-state index in [1.54, 1.807) is 30.5 Å². The standard InChI is InChI=1S/C21H24N4O2S2/c1-15(2)17-7-5-16(6-8-17)13-22-24-21-23-20(14-28-21)18-9-11-19(12-10-18)29(26,27)25(3)4/h5-15H,1-4H3,(H,23,24)/b22-13+. The summed E-state index contributed by atoms with van der Waals surface area (Å²) in [5.74, 6) is 0.505. The number of rotatable bonds is 7. The zero-order chi connectivity index (χ0) is 21.0. The highest BCUT2D eigenvalue weighted by atomic mass is 32.2. The maximum absolute atomic E-state index is 12.2. The average molecular weight is 429 g/mol. The summed E-state index contributed by atoms with van der Waals surface area (Å²) >= 11 is 1.44. The molecule has 1 aromatic heterocycles. The van der Waals surface area contributed by atoms with Crippen LogP contribution in [0.15, 0.2) is 63.9 Å². The second-order valence-corrected chi connectivity index (χ2v) is 10.1. The molecule has 0 aliphatic heterocycles. The third kappa shape index (κ3) is 5.09. The molecule has 1 N–H and O–H groups in total. The Labute approximate surface area is 176 Å². The first-order chi connectivity index (χ1) is 13.8. The van der Waals surface area contributed by atoms with Crippen LogP contribution in [0.25, 0.3) is 11.3 Å². The van der Waals surface area contributed by atoms with E-state index < -0.39 is 10.0 Å². The Bertz CT molecular complexity index is 1080. The van der Waals surface area contributed by atoms with Gasteiger partial charge in [-0.25, -0.2) is 17.7 Å². The summed E-state index contributed by atoms with van der Waals surface area (Å²) in [7, 11) is -0.403. The topological polar surface area (TPSA) is 74.7 Å². The molecule has 0 atom stereocenters. The summed E-state index contributed by atoms with van der Waals surface area (Å²) in [6, 6.07) is 15.0. The molecule has 0 fully saturated rings. The van der Waals surface area contributed by atoms with Crippen molar-refractivity contribution in [2.75, 3.05) is 19.5 Å². The second-order valence-electron chi connectivity index (χ2n) is 7.04. The van der Waals surface area contributed by atoms with Crippen molar-refractivity contribution in [1.29, 1.82) is 0 Å². The molecule has 8 heteroatoms. The smallest absolute Gasteiger partial charge is 0.242 e. The molecule has 0 spiro atoms. The van der Waals surface area contributed by atoms with Gasteiger partial charge in [0.25, 0.3) is 0 Å². The summed E-state index contributed by atoms with van der Waals surface area (Å²) in [6.45, 7) is 4.33. The van der Waals surface area contributed by atoms with E-state index in [0.29, 0.717) is 11.0 Å². The quantitative estimate of drug-likeness (QED) is 0.440. The van der Waals surface area contributed by atoms with E-state index in [1.165, 1.54) is 35.3 Å². The molecule has 0 saturated heterocycles. The van der Waals surface area contributed by atoms with Gasteiger partial charge >= 0.3 is 0 Å². The molecular weight excluding hydrogens is 404 g/mol. The van der Waals surface area contributed by atoms with E-state index >= 15 is 0 Å². The fraction of sp³-hybridized carbons (Fsp3) is 0.238. The Morgan fingerprint density at radius 1 is 1.07 bits per heavy atom. The summed E-state index contributed by atoms with van der Waals surface area (Å²) in [5.41, 5.74) is 6.87. The maximum Gasteiger partial charge on any atom is 0.242 e. The third-order valence-electron chi connectivity index (χ3n) is 4.41. The number of aromatic nitrogens is 1. The molecule has 6 nitrogen and oxygen atoms in total. The molecule has 0 saturated carbocycles. The van der Waals surface area contributed by atoms with Crippen LogP contribution in [0.4, 0.5) is 5.13 Å². The van der Waals surface area contributed by atoms with Crippen molar-refractivity contribution in [1.82, 2.24) is 9.29 Å². The highest BCUT2D eigenvalue weighted by Gasteiger charge is 2.17. The van der Waals surface area contributed by atoms with Gasteiger partial charge in [0.1, 0.15) is 0 Å². The van der Waals surface area contributed by atoms with Gasteiger partial charge in [0.2, 0.25) is 15.2 Å². The fourth-order valence-corrected chi connectivity index (χ4v) is 4.17. The maximum atomic E-state index is 12.2. The number of thiazole rings is 1. The van der Waals surface area contributed by atoms with Crippen LogP contribution in [0.2, 0.25) is 0 Å². The molecule has 1 heterocycles. The van der Waals surface area contributed by atoms with E-state index in [4.69, 9.17) is 0 Å². The zero-order valence-electron chi connectivity index (χ0n) is 16.8. The van der Waals surface area contributed by atoms with Crippen molar-refractivity contribution in [2.24, 2.45) is 5.10 Å². The lowest BCUT2D eigenvalue weighted by atomic mass is 10.0. The van der Waals surface area contributed by atoms with Gasteiger partial charge in [-0.2, -0.15) is 5.10 Å². The Morgan fingerprint density at radius 2 is 1.72 bits per heavy atom. The highest BCUT2D eigenvalue weighted by Crippen LogP contribution is 2.26. The van der Waals surface area contributed by atoms with Gasteiger partial charge in [0, 0.05) is 25.0 Å². The van der Waals surface area contributed by atoms with Gasteiger partial charge in [0.05, 0.1) is 16.8 Å². The summed E-state index contributed by atoms with van der Waals surface area (Å²) < 4.78 is 25.5. The van der Waals surface area contributed by atoms with Crippen molar-refractivity contribution < 1.29 is 8.42 Å².